The van der Waals surface area contributed by atoms with E-state index < -0.39 is 6.09 Å². The summed E-state index contributed by atoms with van der Waals surface area (Å²) in [6.45, 7) is 0.119. The van der Waals surface area contributed by atoms with E-state index in [0.29, 0.717) is 15.6 Å². The van der Waals surface area contributed by atoms with Crippen molar-refractivity contribution in [3.63, 3.8) is 0 Å². The molecule has 0 unspecified atom stereocenters. The highest BCUT2D eigenvalue weighted by atomic mass is 35.5. The minimum Gasteiger partial charge on any atom is -0.465 e. The smallest absolute Gasteiger partial charge is 0.404 e. The van der Waals surface area contributed by atoms with Crippen LogP contribution in [0.15, 0.2) is 18.2 Å². The summed E-state index contributed by atoms with van der Waals surface area (Å²) < 4.78 is 0. The number of rotatable bonds is 2. The predicted octanol–water partition coefficient (Wildman–Crippen LogP) is 2.76. The molecule has 2 N–H and O–H groups in total. The fraction of sp³-hybridized carbons (Fsp3) is 0.125. The zero-order valence-electron chi connectivity index (χ0n) is 6.55. The van der Waals surface area contributed by atoms with Gasteiger partial charge in [0, 0.05) is 22.2 Å². The fourth-order valence-corrected chi connectivity index (χ4v) is 1.40. The average molecular weight is 220 g/mol. The van der Waals surface area contributed by atoms with Crippen molar-refractivity contribution in [3.8, 4) is 0 Å². The molecule has 5 heteroatoms. The van der Waals surface area contributed by atoms with Gasteiger partial charge in [0.25, 0.3) is 0 Å². The summed E-state index contributed by atoms with van der Waals surface area (Å²) in [6, 6.07) is 5.02. The molecule has 0 saturated carbocycles. The van der Waals surface area contributed by atoms with Gasteiger partial charge in [0.05, 0.1) is 0 Å². The first-order chi connectivity index (χ1) is 6.11. The summed E-state index contributed by atoms with van der Waals surface area (Å²) in [6.07, 6.45) is -1.10. The normalized spacial score (nSPS) is 9.69. The lowest BCUT2D eigenvalue weighted by Gasteiger charge is -2.05. The second-order valence-electron chi connectivity index (χ2n) is 2.36. The second-order valence-corrected chi connectivity index (χ2v) is 3.17. The van der Waals surface area contributed by atoms with Crippen molar-refractivity contribution in [1.82, 2.24) is 5.32 Å². The van der Waals surface area contributed by atoms with Crippen molar-refractivity contribution in [2.45, 2.75) is 6.54 Å². The maximum absolute atomic E-state index is 10.2. The lowest BCUT2D eigenvalue weighted by Crippen LogP contribution is -2.20. The Labute approximate surface area is 85.3 Å². The van der Waals surface area contributed by atoms with E-state index in [-0.39, 0.29) is 6.54 Å². The van der Waals surface area contributed by atoms with Crippen LogP contribution in [-0.4, -0.2) is 11.2 Å². The standard InChI is InChI=1S/C8H7Cl2NO2/c9-6-2-1-3-7(10)5(6)4-11-8(12)13/h1-3,11H,4H2,(H,12,13). The third-order valence-electron chi connectivity index (χ3n) is 1.48. The molecule has 0 aromatic heterocycles. The van der Waals surface area contributed by atoms with Gasteiger partial charge in [-0.2, -0.15) is 0 Å². The van der Waals surface area contributed by atoms with Gasteiger partial charge >= 0.3 is 6.09 Å². The first kappa shape index (κ1) is 10.2. The number of nitrogens with one attached hydrogen (secondary N) is 1. The van der Waals surface area contributed by atoms with Crippen LogP contribution in [0.5, 0.6) is 0 Å². The van der Waals surface area contributed by atoms with Crippen LogP contribution >= 0.6 is 23.2 Å². The summed E-state index contributed by atoms with van der Waals surface area (Å²) in [5.74, 6) is 0. The third kappa shape index (κ3) is 2.79. The average Bonchev–Trinajstić information content (AvgIpc) is 2.03. The molecule has 0 saturated heterocycles. The van der Waals surface area contributed by atoms with Gasteiger partial charge in [-0.05, 0) is 12.1 Å². The van der Waals surface area contributed by atoms with E-state index in [1.807, 2.05) is 0 Å². The van der Waals surface area contributed by atoms with Crippen LogP contribution < -0.4 is 5.32 Å². The Morgan fingerprint density at radius 1 is 1.38 bits per heavy atom. The van der Waals surface area contributed by atoms with E-state index in [1.165, 1.54) is 0 Å². The second kappa shape index (κ2) is 4.35. The number of carboxylic acid groups (broad SMARTS) is 1. The Bertz CT molecular complexity index is 308. The van der Waals surface area contributed by atoms with Crippen molar-refractivity contribution in [1.29, 1.82) is 0 Å². The number of amides is 1. The molecule has 0 aliphatic rings. The molecule has 0 radical (unpaired) electrons. The predicted molar refractivity (Wildman–Crippen MR) is 51.3 cm³/mol. The molecule has 0 fully saturated rings. The zero-order chi connectivity index (χ0) is 9.84. The molecule has 1 amide bonds. The van der Waals surface area contributed by atoms with Crippen LogP contribution in [0.3, 0.4) is 0 Å². The molecule has 0 atom stereocenters. The molecule has 1 aromatic rings. The van der Waals surface area contributed by atoms with Crippen molar-refractivity contribution in [2.24, 2.45) is 0 Å². The quantitative estimate of drug-likeness (QED) is 0.804. The van der Waals surface area contributed by atoms with Crippen LogP contribution in [-0.2, 0) is 6.54 Å². The Hall–Kier alpha value is -0.930. The van der Waals surface area contributed by atoms with E-state index in [0.717, 1.165) is 0 Å². The van der Waals surface area contributed by atoms with Gasteiger partial charge < -0.3 is 10.4 Å². The summed E-state index contributed by atoms with van der Waals surface area (Å²) in [5, 5.41) is 11.5. The van der Waals surface area contributed by atoms with Crippen LogP contribution in [0, 0.1) is 0 Å². The number of hydrogen-bond donors (Lipinski definition) is 2. The van der Waals surface area contributed by atoms with Gasteiger partial charge in [0.2, 0.25) is 0 Å². The van der Waals surface area contributed by atoms with Crippen LogP contribution in [0.25, 0.3) is 0 Å². The number of halogens is 2. The molecular formula is C8H7Cl2NO2. The molecule has 13 heavy (non-hydrogen) atoms. The van der Waals surface area contributed by atoms with Crippen molar-refractivity contribution >= 4 is 29.3 Å². The van der Waals surface area contributed by atoms with Gasteiger partial charge in [-0.25, -0.2) is 4.79 Å². The lowest BCUT2D eigenvalue weighted by atomic mass is 10.2. The summed E-state index contributed by atoms with van der Waals surface area (Å²) in [5.41, 5.74) is 0.591. The Balaban J connectivity index is 2.81. The van der Waals surface area contributed by atoms with Crippen LogP contribution in [0.4, 0.5) is 4.79 Å². The maximum atomic E-state index is 10.2. The van der Waals surface area contributed by atoms with Gasteiger partial charge in [-0.1, -0.05) is 29.3 Å². The Morgan fingerprint density at radius 3 is 2.38 bits per heavy atom. The Morgan fingerprint density at radius 2 is 1.92 bits per heavy atom. The molecule has 70 valence electrons. The van der Waals surface area contributed by atoms with E-state index >= 15 is 0 Å². The van der Waals surface area contributed by atoms with Gasteiger partial charge in [-0.15, -0.1) is 0 Å². The highest BCUT2D eigenvalue weighted by Crippen LogP contribution is 2.23. The van der Waals surface area contributed by atoms with Gasteiger partial charge in [0.15, 0.2) is 0 Å². The minimum absolute atomic E-state index is 0.119. The van der Waals surface area contributed by atoms with Gasteiger partial charge in [0.1, 0.15) is 0 Å². The number of hydrogen-bond acceptors (Lipinski definition) is 1. The fourth-order valence-electron chi connectivity index (χ4n) is 0.865. The summed E-state index contributed by atoms with van der Waals surface area (Å²) >= 11 is 11.6. The number of benzene rings is 1. The number of carbonyl (C=O) groups is 1. The Kier molecular flexibility index (Phi) is 3.39. The maximum Gasteiger partial charge on any atom is 0.404 e. The summed E-state index contributed by atoms with van der Waals surface area (Å²) in [4.78, 5) is 10.2. The topological polar surface area (TPSA) is 49.3 Å². The molecule has 0 aliphatic carbocycles. The minimum atomic E-state index is -1.10. The molecule has 0 spiro atoms. The molecule has 0 aliphatic heterocycles. The van der Waals surface area contributed by atoms with E-state index in [4.69, 9.17) is 28.3 Å². The van der Waals surface area contributed by atoms with Crippen molar-refractivity contribution in [3.05, 3.63) is 33.8 Å². The van der Waals surface area contributed by atoms with Crippen LogP contribution in [0.2, 0.25) is 10.0 Å². The molecule has 1 aromatic carbocycles. The first-order valence-electron chi connectivity index (χ1n) is 3.51. The monoisotopic (exact) mass is 219 g/mol. The van der Waals surface area contributed by atoms with E-state index in [1.54, 1.807) is 18.2 Å². The summed E-state index contributed by atoms with van der Waals surface area (Å²) in [7, 11) is 0. The van der Waals surface area contributed by atoms with Crippen LogP contribution in [0.1, 0.15) is 5.56 Å². The third-order valence-corrected chi connectivity index (χ3v) is 2.19. The largest absolute Gasteiger partial charge is 0.465 e. The lowest BCUT2D eigenvalue weighted by molar-refractivity contribution is 0.194. The van der Waals surface area contributed by atoms with Crippen molar-refractivity contribution in [2.75, 3.05) is 0 Å². The highest BCUT2D eigenvalue weighted by Gasteiger charge is 2.05. The molecule has 3 nitrogen and oxygen atoms in total. The first-order valence-corrected chi connectivity index (χ1v) is 4.26. The van der Waals surface area contributed by atoms with Gasteiger partial charge in [-0.3, -0.25) is 0 Å². The molecule has 1 rings (SSSR count). The van der Waals surface area contributed by atoms with E-state index in [9.17, 15) is 4.79 Å². The van der Waals surface area contributed by atoms with Crippen molar-refractivity contribution < 1.29 is 9.90 Å². The van der Waals surface area contributed by atoms with E-state index in [2.05, 4.69) is 5.32 Å². The molecule has 0 bridgehead atoms. The molecular weight excluding hydrogens is 213 g/mol. The zero-order valence-corrected chi connectivity index (χ0v) is 8.06. The molecule has 0 heterocycles. The SMILES string of the molecule is O=C(O)NCc1c(Cl)cccc1Cl. The highest BCUT2D eigenvalue weighted by molar-refractivity contribution is 6.35.